The molecule has 0 aliphatic carbocycles. The molecule has 1 aromatic carbocycles. The molecule has 1 atom stereocenters. The SMILES string of the molecule is CN1CCN(Cc2ccco2)CC1c1nnn2cc(-c3cccc(F)c3)ccc12.O=C(O)C(F)(F)F.O=C(O)C(F)(F)F. The van der Waals surface area contributed by atoms with Crippen LogP contribution in [0.1, 0.15) is 17.5 Å². The zero-order valence-electron chi connectivity index (χ0n) is 22.2. The molecule has 1 aliphatic heterocycles. The molecule has 232 valence electrons. The number of aliphatic carboxylic acids is 2. The Morgan fingerprint density at radius 2 is 1.60 bits per heavy atom. The number of alkyl halides is 6. The first-order valence-corrected chi connectivity index (χ1v) is 12.2. The number of benzene rings is 1. The van der Waals surface area contributed by atoms with E-state index >= 15 is 0 Å². The van der Waals surface area contributed by atoms with Gasteiger partial charge < -0.3 is 14.6 Å². The summed E-state index contributed by atoms with van der Waals surface area (Å²) in [7, 11) is 2.13. The number of hydrogen-bond acceptors (Lipinski definition) is 7. The van der Waals surface area contributed by atoms with Crippen LogP contribution >= 0.6 is 0 Å². The molecule has 0 spiro atoms. The fraction of sp³-hybridized carbons (Fsp3) is 0.308. The summed E-state index contributed by atoms with van der Waals surface area (Å²) in [5.41, 5.74) is 3.66. The lowest BCUT2D eigenvalue weighted by Crippen LogP contribution is -2.46. The van der Waals surface area contributed by atoms with Gasteiger partial charge in [-0.2, -0.15) is 26.3 Å². The van der Waals surface area contributed by atoms with E-state index in [0.29, 0.717) is 0 Å². The van der Waals surface area contributed by atoms with E-state index in [1.807, 2.05) is 36.5 Å². The second-order valence-corrected chi connectivity index (χ2v) is 9.15. The van der Waals surface area contributed by atoms with Crippen molar-refractivity contribution in [2.45, 2.75) is 24.9 Å². The highest BCUT2D eigenvalue weighted by atomic mass is 19.4. The van der Waals surface area contributed by atoms with Crippen LogP contribution in [0.15, 0.2) is 65.4 Å². The predicted octanol–water partition coefficient (Wildman–Crippen LogP) is 4.88. The molecule has 1 aliphatic rings. The van der Waals surface area contributed by atoms with Crippen molar-refractivity contribution in [2.24, 2.45) is 0 Å². The number of carboxylic acids is 2. The summed E-state index contributed by atoms with van der Waals surface area (Å²) in [5.74, 6) is -4.79. The number of likely N-dealkylation sites (N-methyl/N-ethyl adjacent to an activating group) is 1. The summed E-state index contributed by atoms with van der Waals surface area (Å²) >= 11 is 0. The van der Waals surface area contributed by atoms with Crippen LogP contribution in [0.4, 0.5) is 30.7 Å². The average Bonchev–Trinajstić information content (AvgIpc) is 3.59. The number of pyridine rings is 1. The molecular formula is C26H24F7N5O5. The van der Waals surface area contributed by atoms with Crippen LogP contribution in [0, 0.1) is 5.82 Å². The van der Waals surface area contributed by atoms with Crippen molar-refractivity contribution >= 4 is 17.5 Å². The number of aromatic nitrogens is 3. The highest BCUT2D eigenvalue weighted by molar-refractivity contribution is 5.73. The maximum Gasteiger partial charge on any atom is 0.490 e. The Kier molecular flexibility index (Phi) is 10.5. The lowest BCUT2D eigenvalue weighted by atomic mass is 10.1. The van der Waals surface area contributed by atoms with Crippen LogP contribution in [-0.2, 0) is 16.1 Å². The first-order chi connectivity index (χ1) is 20.1. The summed E-state index contributed by atoms with van der Waals surface area (Å²) in [6.45, 7) is 3.58. The third kappa shape index (κ3) is 9.24. The van der Waals surface area contributed by atoms with Gasteiger partial charge in [0.25, 0.3) is 0 Å². The second-order valence-electron chi connectivity index (χ2n) is 9.15. The molecule has 4 heterocycles. The number of furan rings is 1. The monoisotopic (exact) mass is 619 g/mol. The Balaban J connectivity index is 0.000000303. The first kappa shape index (κ1) is 33.0. The molecule has 4 aromatic rings. The number of carboxylic acid groups (broad SMARTS) is 2. The highest BCUT2D eigenvalue weighted by Crippen LogP contribution is 2.28. The van der Waals surface area contributed by atoms with Gasteiger partial charge in [-0.1, -0.05) is 23.4 Å². The third-order valence-corrected chi connectivity index (χ3v) is 6.09. The molecule has 3 aromatic heterocycles. The lowest BCUT2D eigenvalue weighted by molar-refractivity contribution is -0.193. The molecule has 0 radical (unpaired) electrons. The molecule has 1 unspecified atom stereocenters. The van der Waals surface area contributed by atoms with Crippen LogP contribution in [0.2, 0.25) is 0 Å². The molecule has 43 heavy (non-hydrogen) atoms. The largest absolute Gasteiger partial charge is 0.490 e. The second kappa shape index (κ2) is 13.6. The summed E-state index contributed by atoms with van der Waals surface area (Å²) < 4.78 is 84.3. The lowest BCUT2D eigenvalue weighted by Gasteiger charge is -2.38. The van der Waals surface area contributed by atoms with Crippen LogP contribution in [-0.4, -0.2) is 85.8 Å². The van der Waals surface area contributed by atoms with E-state index in [9.17, 15) is 30.7 Å². The van der Waals surface area contributed by atoms with Crippen LogP contribution in [0.25, 0.3) is 16.6 Å². The van der Waals surface area contributed by atoms with Gasteiger partial charge in [0.15, 0.2) is 0 Å². The van der Waals surface area contributed by atoms with Crippen molar-refractivity contribution in [3.8, 4) is 11.1 Å². The Bertz CT molecular complexity index is 1500. The predicted molar refractivity (Wildman–Crippen MR) is 135 cm³/mol. The minimum atomic E-state index is -5.08. The van der Waals surface area contributed by atoms with E-state index in [4.69, 9.17) is 24.2 Å². The summed E-state index contributed by atoms with van der Waals surface area (Å²) in [5, 5.41) is 23.1. The molecular weight excluding hydrogens is 595 g/mol. The minimum Gasteiger partial charge on any atom is -0.475 e. The fourth-order valence-corrected chi connectivity index (χ4v) is 3.98. The van der Waals surface area contributed by atoms with Crippen molar-refractivity contribution in [1.29, 1.82) is 0 Å². The highest BCUT2D eigenvalue weighted by Gasteiger charge is 2.39. The van der Waals surface area contributed by atoms with Crippen molar-refractivity contribution in [2.75, 3.05) is 26.7 Å². The molecule has 0 bridgehead atoms. The minimum absolute atomic E-state index is 0.149. The van der Waals surface area contributed by atoms with E-state index in [1.54, 1.807) is 16.8 Å². The maximum absolute atomic E-state index is 13.6. The van der Waals surface area contributed by atoms with Crippen molar-refractivity contribution in [3.05, 3.63) is 78.3 Å². The van der Waals surface area contributed by atoms with Crippen molar-refractivity contribution < 1.29 is 55.0 Å². The molecule has 10 nitrogen and oxygen atoms in total. The molecule has 0 amide bonds. The summed E-state index contributed by atoms with van der Waals surface area (Å²) in [4.78, 5) is 22.5. The van der Waals surface area contributed by atoms with Crippen LogP contribution < -0.4 is 0 Å². The molecule has 2 N–H and O–H groups in total. The first-order valence-electron chi connectivity index (χ1n) is 12.2. The molecule has 1 fully saturated rings. The molecule has 17 heteroatoms. The molecule has 1 saturated heterocycles. The normalized spacial score (nSPS) is 16.1. The van der Waals surface area contributed by atoms with Gasteiger partial charge in [-0.3, -0.25) is 9.80 Å². The number of carbonyl (C=O) groups is 2. The van der Waals surface area contributed by atoms with E-state index in [0.717, 1.165) is 54.3 Å². The zero-order chi connectivity index (χ0) is 31.9. The number of rotatable bonds is 4. The van der Waals surface area contributed by atoms with Crippen molar-refractivity contribution in [1.82, 2.24) is 24.6 Å². The van der Waals surface area contributed by atoms with Gasteiger partial charge in [0.2, 0.25) is 0 Å². The third-order valence-electron chi connectivity index (χ3n) is 6.09. The van der Waals surface area contributed by atoms with E-state index in [1.165, 1.54) is 12.1 Å². The van der Waals surface area contributed by atoms with Crippen LogP contribution in [0.5, 0.6) is 0 Å². The van der Waals surface area contributed by atoms with Gasteiger partial charge >= 0.3 is 24.3 Å². The topological polar surface area (TPSA) is 124 Å². The van der Waals surface area contributed by atoms with Gasteiger partial charge in [0, 0.05) is 31.4 Å². The Hall–Kier alpha value is -4.51. The van der Waals surface area contributed by atoms with Crippen molar-refractivity contribution in [3.63, 3.8) is 0 Å². The Morgan fingerprint density at radius 1 is 0.953 bits per heavy atom. The number of hydrogen-bond donors (Lipinski definition) is 2. The number of piperazine rings is 1. The van der Waals surface area contributed by atoms with Gasteiger partial charge in [-0.15, -0.1) is 5.10 Å². The van der Waals surface area contributed by atoms with Crippen LogP contribution in [0.3, 0.4) is 0 Å². The van der Waals surface area contributed by atoms with E-state index in [-0.39, 0.29) is 11.9 Å². The standard InChI is InChI=1S/C22H22FN5O.2C2HF3O2/c1-26-9-10-27(14-19-6-3-11-29-19)15-21(26)22-20-8-7-17(13-28(20)25-24-22)16-4-2-5-18(23)12-16;2*3-2(4,5)1(6)7/h2-8,11-13,21H,9-10,14-15H2,1H3;2*(H,6,7). The summed E-state index contributed by atoms with van der Waals surface area (Å²) in [6, 6.07) is 14.7. The average molecular weight is 619 g/mol. The van der Waals surface area contributed by atoms with E-state index in [2.05, 4.69) is 27.2 Å². The fourth-order valence-electron chi connectivity index (χ4n) is 3.98. The van der Waals surface area contributed by atoms with Gasteiger partial charge in [-0.05, 0) is 42.9 Å². The zero-order valence-corrected chi connectivity index (χ0v) is 22.2. The number of fused-ring (bicyclic) bond motifs is 1. The van der Waals surface area contributed by atoms with Gasteiger partial charge in [0.05, 0.1) is 24.4 Å². The maximum atomic E-state index is 13.6. The molecule has 0 saturated carbocycles. The molecule has 5 rings (SSSR count). The number of halogens is 7. The number of nitrogens with zero attached hydrogens (tertiary/aromatic N) is 5. The van der Waals surface area contributed by atoms with E-state index < -0.39 is 24.3 Å². The quantitative estimate of drug-likeness (QED) is 0.308. The van der Waals surface area contributed by atoms with Gasteiger partial charge in [0.1, 0.15) is 17.3 Å². The smallest absolute Gasteiger partial charge is 0.475 e. The Morgan fingerprint density at radius 3 is 2.16 bits per heavy atom. The summed E-state index contributed by atoms with van der Waals surface area (Å²) in [6.07, 6.45) is -6.55. The van der Waals surface area contributed by atoms with Gasteiger partial charge in [-0.25, -0.2) is 18.5 Å². The Labute approximate surface area is 238 Å².